The van der Waals surface area contributed by atoms with Gasteiger partial charge in [0.25, 0.3) is 0 Å². The predicted molar refractivity (Wildman–Crippen MR) is 103 cm³/mol. The van der Waals surface area contributed by atoms with E-state index in [1.165, 1.54) is 12.0 Å². The number of nitrogens with one attached hydrogen (secondary N) is 1. The van der Waals surface area contributed by atoms with Crippen molar-refractivity contribution in [3.8, 4) is 0 Å². The summed E-state index contributed by atoms with van der Waals surface area (Å²) in [5, 5.41) is 3.63. The van der Waals surface area contributed by atoms with Gasteiger partial charge in [-0.3, -0.25) is 4.99 Å². The highest BCUT2D eigenvalue weighted by molar-refractivity contribution is 5.26. The third kappa shape index (κ3) is 8.20. The molecule has 0 saturated carbocycles. The maximum Gasteiger partial charge on any atom is 0.0513 e. The van der Waals surface area contributed by atoms with Gasteiger partial charge in [0, 0.05) is 11.9 Å². The Labute approximate surface area is 141 Å². The van der Waals surface area contributed by atoms with Crippen LogP contribution in [0.4, 0.5) is 0 Å². The van der Waals surface area contributed by atoms with E-state index in [-0.39, 0.29) is 0 Å². The summed E-state index contributed by atoms with van der Waals surface area (Å²) < 4.78 is 0. The van der Waals surface area contributed by atoms with Crippen molar-refractivity contribution in [1.29, 1.82) is 0 Å². The van der Waals surface area contributed by atoms with Gasteiger partial charge in [0.05, 0.1) is 6.04 Å². The molecule has 0 heterocycles. The summed E-state index contributed by atoms with van der Waals surface area (Å²) in [5.41, 5.74) is 2.45. The molecule has 0 radical (unpaired) electrons. The van der Waals surface area contributed by atoms with Crippen molar-refractivity contribution in [2.45, 2.75) is 45.6 Å². The number of benzene rings is 1. The minimum atomic E-state index is 0.305. The van der Waals surface area contributed by atoms with Crippen molar-refractivity contribution in [2.75, 3.05) is 0 Å². The van der Waals surface area contributed by atoms with Gasteiger partial charge in [0.1, 0.15) is 0 Å². The Morgan fingerprint density at radius 1 is 1.26 bits per heavy atom. The lowest BCUT2D eigenvalue weighted by atomic mass is 9.99. The first-order valence-corrected chi connectivity index (χ1v) is 8.44. The van der Waals surface area contributed by atoms with Crippen LogP contribution in [0.25, 0.3) is 0 Å². The highest BCUT2D eigenvalue weighted by Gasteiger charge is 2.12. The van der Waals surface area contributed by atoms with Crippen LogP contribution in [0.5, 0.6) is 0 Å². The summed E-state index contributed by atoms with van der Waals surface area (Å²) in [4.78, 5) is 3.69. The lowest BCUT2D eigenvalue weighted by Crippen LogP contribution is -2.21. The van der Waals surface area contributed by atoms with E-state index in [9.17, 15) is 0 Å². The van der Waals surface area contributed by atoms with E-state index in [0.29, 0.717) is 12.0 Å². The minimum absolute atomic E-state index is 0.305. The van der Waals surface area contributed by atoms with Crippen LogP contribution in [0, 0.1) is 5.92 Å². The molecule has 2 atom stereocenters. The molecule has 0 bridgehead atoms. The Bertz CT molecular complexity index is 514. The molecule has 2 heteroatoms. The molecule has 124 valence electrons. The highest BCUT2D eigenvalue weighted by atomic mass is 14.9. The Morgan fingerprint density at radius 2 is 2.00 bits per heavy atom. The second-order valence-corrected chi connectivity index (χ2v) is 5.96. The summed E-state index contributed by atoms with van der Waals surface area (Å²) in [6.45, 7) is 12.1. The summed E-state index contributed by atoms with van der Waals surface area (Å²) in [6, 6.07) is 10.9. The predicted octanol–water partition coefficient (Wildman–Crippen LogP) is 5.82. The first-order valence-electron chi connectivity index (χ1n) is 8.44. The summed E-state index contributed by atoms with van der Waals surface area (Å²) in [7, 11) is 0. The van der Waals surface area contributed by atoms with Crippen LogP contribution in [-0.2, 0) is 0 Å². The fourth-order valence-corrected chi connectivity index (χ4v) is 2.43. The van der Waals surface area contributed by atoms with Crippen molar-refractivity contribution >= 4 is 6.72 Å². The Balaban J connectivity index is 2.63. The second kappa shape index (κ2) is 11.5. The molecule has 2 unspecified atom stereocenters. The zero-order valence-electron chi connectivity index (χ0n) is 14.5. The molecule has 0 aliphatic carbocycles. The number of nitrogens with zero attached hydrogens (tertiary/aromatic N) is 1. The topological polar surface area (TPSA) is 24.4 Å². The SMILES string of the molecule is C=N/C=C\C=C/CCC(NC(=C)CC(C)CC)c1ccccc1. The molecule has 0 aliphatic heterocycles. The van der Waals surface area contributed by atoms with Crippen molar-refractivity contribution in [2.24, 2.45) is 10.9 Å². The quantitative estimate of drug-likeness (QED) is 0.404. The molecule has 0 fully saturated rings. The smallest absolute Gasteiger partial charge is 0.0513 e. The van der Waals surface area contributed by atoms with E-state index in [4.69, 9.17) is 0 Å². The molecule has 0 amide bonds. The molecule has 1 rings (SSSR count). The van der Waals surface area contributed by atoms with Gasteiger partial charge >= 0.3 is 0 Å². The van der Waals surface area contributed by atoms with Gasteiger partial charge in [-0.1, -0.05) is 69.3 Å². The van der Waals surface area contributed by atoms with E-state index in [0.717, 1.165) is 25.0 Å². The highest BCUT2D eigenvalue weighted by Crippen LogP contribution is 2.22. The van der Waals surface area contributed by atoms with Crippen LogP contribution in [0.1, 0.15) is 51.1 Å². The second-order valence-electron chi connectivity index (χ2n) is 5.96. The normalized spacial score (nSPS) is 14.0. The first-order chi connectivity index (χ1) is 11.2. The molecule has 0 saturated heterocycles. The van der Waals surface area contributed by atoms with Gasteiger partial charge in [-0.05, 0) is 43.5 Å². The fraction of sp³-hybridized carbons (Fsp3) is 0.381. The molecule has 23 heavy (non-hydrogen) atoms. The molecule has 1 aromatic rings. The number of rotatable bonds is 11. The zero-order chi connectivity index (χ0) is 16.9. The van der Waals surface area contributed by atoms with E-state index >= 15 is 0 Å². The molecular formula is C21H30N2. The Morgan fingerprint density at radius 3 is 2.65 bits per heavy atom. The number of aliphatic imine (C=N–C) groups is 1. The van der Waals surface area contributed by atoms with Crippen LogP contribution < -0.4 is 5.32 Å². The first kappa shape index (κ1) is 19.0. The number of allylic oxidation sites excluding steroid dienone is 4. The van der Waals surface area contributed by atoms with E-state index in [1.807, 2.05) is 12.2 Å². The van der Waals surface area contributed by atoms with Crippen molar-refractivity contribution in [3.05, 3.63) is 72.6 Å². The summed E-state index contributed by atoms with van der Waals surface area (Å²) in [6.07, 6.45) is 12.0. The lowest BCUT2D eigenvalue weighted by molar-refractivity contribution is 0.492. The molecule has 0 spiro atoms. The fourth-order valence-electron chi connectivity index (χ4n) is 2.43. The largest absolute Gasteiger partial charge is 0.382 e. The molecule has 1 aromatic carbocycles. The zero-order valence-corrected chi connectivity index (χ0v) is 14.5. The Kier molecular flexibility index (Phi) is 9.46. The van der Waals surface area contributed by atoms with Crippen LogP contribution >= 0.6 is 0 Å². The van der Waals surface area contributed by atoms with E-state index in [1.54, 1.807) is 6.20 Å². The van der Waals surface area contributed by atoms with Gasteiger partial charge < -0.3 is 5.32 Å². The maximum absolute atomic E-state index is 4.22. The number of hydrogen-bond acceptors (Lipinski definition) is 2. The molecule has 0 aliphatic rings. The molecule has 1 N–H and O–H groups in total. The van der Waals surface area contributed by atoms with Gasteiger partial charge in [-0.2, -0.15) is 0 Å². The molecular weight excluding hydrogens is 280 g/mol. The van der Waals surface area contributed by atoms with Gasteiger partial charge in [0.15, 0.2) is 0 Å². The van der Waals surface area contributed by atoms with Gasteiger partial charge in [0.2, 0.25) is 0 Å². The molecule has 2 nitrogen and oxygen atoms in total. The lowest BCUT2D eigenvalue weighted by Gasteiger charge is -2.23. The number of hydrogen-bond donors (Lipinski definition) is 1. The summed E-state index contributed by atoms with van der Waals surface area (Å²) in [5.74, 6) is 0.669. The standard InChI is InChI=1S/C21H30N2/c1-5-18(2)17-19(3)23-21(20-13-9-8-10-14-20)15-11-6-7-12-16-22-4/h6-10,12-14,16,18,21,23H,3-5,11,15,17H2,1-2H3/b7-6-,16-12-. The van der Waals surface area contributed by atoms with Gasteiger partial charge in [-0.15, -0.1) is 0 Å². The van der Waals surface area contributed by atoms with E-state index in [2.05, 4.69) is 73.9 Å². The minimum Gasteiger partial charge on any atom is -0.382 e. The van der Waals surface area contributed by atoms with Crippen molar-refractivity contribution in [3.63, 3.8) is 0 Å². The average molecular weight is 310 g/mol. The maximum atomic E-state index is 4.22. The average Bonchev–Trinajstić information content (AvgIpc) is 2.57. The summed E-state index contributed by atoms with van der Waals surface area (Å²) >= 11 is 0. The third-order valence-electron chi connectivity index (χ3n) is 3.93. The van der Waals surface area contributed by atoms with Crippen molar-refractivity contribution < 1.29 is 0 Å². The van der Waals surface area contributed by atoms with Crippen LogP contribution in [0.2, 0.25) is 0 Å². The van der Waals surface area contributed by atoms with Crippen LogP contribution in [0.15, 0.2) is 72.0 Å². The monoisotopic (exact) mass is 310 g/mol. The van der Waals surface area contributed by atoms with E-state index < -0.39 is 0 Å². The van der Waals surface area contributed by atoms with Crippen LogP contribution in [-0.4, -0.2) is 6.72 Å². The van der Waals surface area contributed by atoms with Crippen LogP contribution in [0.3, 0.4) is 0 Å². The van der Waals surface area contributed by atoms with Crippen molar-refractivity contribution in [1.82, 2.24) is 5.32 Å². The third-order valence-corrected chi connectivity index (χ3v) is 3.93. The Hall–Kier alpha value is -2.09. The van der Waals surface area contributed by atoms with Gasteiger partial charge in [-0.25, -0.2) is 0 Å². The molecule has 0 aromatic heterocycles.